The summed E-state index contributed by atoms with van der Waals surface area (Å²) in [5.41, 5.74) is 0. The second-order valence-electron chi connectivity index (χ2n) is 2.84. The molecule has 0 spiro atoms. The van der Waals surface area contributed by atoms with Crippen LogP contribution in [0.1, 0.15) is 6.42 Å². The Kier molecular flexibility index (Phi) is 5.42. The molecule has 0 aliphatic carbocycles. The van der Waals surface area contributed by atoms with Gasteiger partial charge in [0.25, 0.3) is 5.88 Å². The van der Waals surface area contributed by atoms with Crippen LogP contribution in [0.4, 0.5) is 0 Å². The van der Waals surface area contributed by atoms with E-state index in [1.54, 1.807) is 20.3 Å². The highest BCUT2D eigenvalue weighted by Crippen LogP contribution is 2.26. The largest absolute Gasteiger partial charge is 0.491 e. The lowest BCUT2D eigenvalue weighted by Crippen LogP contribution is -2.04. The van der Waals surface area contributed by atoms with E-state index in [2.05, 4.69) is 20.9 Å². The quantitative estimate of drug-likeness (QED) is 0.590. The third-order valence-electron chi connectivity index (χ3n) is 1.74. The first-order valence-corrected chi connectivity index (χ1v) is 5.39. The van der Waals surface area contributed by atoms with Crippen molar-refractivity contribution in [1.82, 2.24) is 4.98 Å². The molecule has 0 radical (unpaired) electrons. The molecular formula is C10H14BrNO3. The Balaban J connectivity index is 2.54. The highest BCUT2D eigenvalue weighted by Gasteiger charge is 2.06. The summed E-state index contributed by atoms with van der Waals surface area (Å²) in [6, 6.07) is 3.61. The molecule has 0 atom stereocenters. The second-order valence-corrected chi connectivity index (χ2v) is 3.65. The topological polar surface area (TPSA) is 40.6 Å². The summed E-state index contributed by atoms with van der Waals surface area (Å²) in [5, 5.41) is 0. The monoisotopic (exact) mass is 275 g/mol. The minimum absolute atomic E-state index is 0.503. The number of methoxy groups -OCH3 is 2. The maximum atomic E-state index is 5.46. The fourth-order valence-electron chi connectivity index (χ4n) is 1.04. The number of rotatable bonds is 6. The standard InChI is InChI=1S/C10H14BrNO3/c1-13-6-3-7-15-10-8(14-2)4-5-9(11)12-10/h4-5H,3,6-7H2,1-2H3. The summed E-state index contributed by atoms with van der Waals surface area (Å²) in [5.74, 6) is 1.14. The molecular weight excluding hydrogens is 262 g/mol. The maximum absolute atomic E-state index is 5.46. The number of hydrogen-bond acceptors (Lipinski definition) is 4. The van der Waals surface area contributed by atoms with Crippen molar-refractivity contribution in [2.75, 3.05) is 27.4 Å². The minimum Gasteiger partial charge on any atom is -0.491 e. The Hall–Kier alpha value is -0.810. The molecule has 1 heterocycles. The lowest BCUT2D eigenvalue weighted by atomic mass is 10.4. The SMILES string of the molecule is COCCCOc1nc(Br)ccc1OC. The zero-order valence-electron chi connectivity index (χ0n) is 8.83. The number of hydrogen-bond donors (Lipinski definition) is 0. The van der Waals surface area contributed by atoms with Crippen LogP contribution in [0.15, 0.2) is 16.7 Å². The first-order chi connectivity index (χ1) is 7.27. The second kappa shape index (κ2) is 6.63. The van der Waals surface area contributed by atoms with Gasteiger partial charge >= 0.3 is 0 Å². The number of aromatic nitrogens is 1. The third kappa shape index (κ3) is 4.05. The molecule has 15 heavy (non-hydrogen) atoms. The van der Waals surface area contributed by atoms with E-state index < -0.39 is 0 Å². The Morgan fingerprint density at radius 3 is 2.73 bits per heavy atom. The van der Waals surface area contributed by atoms with Gasteiger partial charge in [0.15, 0.2) is 5.75 Å². The van der Waals surface area contributed by atoms with E-state index in [0.29, 0.717) is 24.8 Å². The molecule has 0 saturated heterocycles. The highest BCUT2D eigenvalue weighted by atomic mass is 79.9. The Morgan fingerprint density at radius 2 is 2.07 bits per heavy atom. The summed E-state index contributed by atoms with van der Waals surface area (Å²) in [7, 11) is 3.25. The fraction of sp³-hybridized carbons (Fsp3) is 0.500. The summed E-state index contributed by atoms with van der Waals surface area (Å²) in [4.78, 5) is 4.17. The first-order valence-electron chi connectivity index (χ1n) is 4.60. The van der Waals surface area contributed by atoms with E-state index in [-0.39, 0.29) is 0 Å². The molecule has 0 N–H and O–H groups in total. The molecule has 0 fully saturated rings. The van der Waals surface area contributed by atoms with Gasteiger partial charge in [0.1, 0.15) is 4.60 Å². The molecule has 0 bridgehead atoms. The van der Waals surface area contributed by atoms with Gasteiger partial charge in [-0.3, -0.25) is 0 Å². The summed E-state index contributed by atoms with van der Waals surface area (Å²) in [6.07, 6.45) is 0.827. The van der Waals surface area contributed by atoms with Crippen molar-refractivity contribution in [3.8, 4) is 11.6 Å². The van der Waals surface area contributed by atoms with Crippen LogP contribution >= 0.6 is 15.9 Å². The number of nitrogens with zero attached hydrogens (tertiary/aromatic N) is 1. The van der Waals surface area contributed by atoms with Crippen molar-refractivity contribution in [3.05, 3.63) is 16.7 Å². The van der Waals surface area contributed by atoms with E-state index in [0.717, 1.165) is 11.0 Å². The average molecular weight is 276 g/mol. The van der Waals surface area contributed by atoms with Crippen LogP contribution in [-0.4, -0.2) is 32.4 Å². The van der Waals surface area contributed by atoms with Crippen molar-refractivity contribution in [1.29, 1.82) is 0 Å². The fourth-order valence-corrected chi connectivity index (χ4v) is 1.33. The van der Waals surface area contributed by atoms with E-state index >= 15 is 0 Å². The van der Waals surface area contributed by atoms with Crippen molar-refractivity contribution in [3.63, 3.8) is 0 Å². The highest BCUT2D eigenvalue weighted by molar-refractivity contribution is 9.10. The Labute approximate surface area is 97.7 Å². The zero-order chi connectivity index (χ0) is 11.1. The number of ether oxygens (including phenoxy) is 3. The smallest absolute Gasteiger partial charge is 0.258 e. The van der Waals surface area contributed by atoms with Crippen molar-refractivity contribution >= 4 is 15.9 Å². The Bertz CT molecular complexity index is 307. The van der Waals surface area contributed by atoms with Crippen LogP contribution < -0.4 is 9.47 Å². The van der Waals surface area contributed by atoms with Gasteiger partial charge in [0.05, 0.1) is 13.7 Å². The molecule has 5 heteroatoms. The third-order valence-corrected chi connectivity index (χ3v) is 2.18. The van der Waals surface area contributed by atoms with Gasteiger partial charge in [-0.15, -0.1) is 0 Å². The van der Waals surface area contributed by atoms with Crippen LogP contribution in [0.25, 0.3) is 0 Å². The summed E-state index contributed by atoms with van der Waals surface area (Å²) in [6.45, 7) is 1.24. The van der Waals surface area contributed by atoms with E-state index in [4.69, 9.17) is 14.2 Å². The van der Waals surface area contributed by atoms with Gasteiger partial charge in [-0.1, -0.05) is 0 Å². The zero-order valence-corrected chi connectivity index (χ0v) is 10.4. The van der Waals surface area contributed by atoms with E-state index in [9.17, 15) is 0 Å². The molecule has 1 rings (SSSR count). The molecule has 1 aromatic heterocycles. The van der Waals surface area contributed by atoms with Crippen molar-refractivity contribution in [2.24, 2.45) is 0 Å². The molecule has 0 aliphatic rings. The van der Waals surface area contributed by atoms with E-state index in [1.165, 1.54) is 0 Å². The lowest BCUT2D eigenvalue weighted by Gasteiger charge is -2.09. The normalized spacial score (nSPS) is 10.1. The molecule has 0 amide bonds. The average Bonchev–Trinajstić information content (AvgIpc) is 2.25. The minimum atomic E-state index is 0.503. The van der Waals surface area contributed by atoms with Gasteiger partial charge in [-0.05, 0) is 28.1 Å². The lowest BCUT2D eigenvalue weighted by molar-refractivity contribution is 0.168. The van der Waals surface area contributed by atoms with Crippen LogP contribution in [0, 0.1) is 0 Å². The van der Waals surface area contributed by atoms with Crippen LogP contribution in [0.3, 0.4) is 0 Å². The van der Waals surface area contributed by atoms with Gasteiger partial charge in [0, 0.05) is 20.1 Å². The molecule has 84 valence electrons. The van der Waals surface area contributed by atoms with Gasteiger partial charge in [-0.25, -0.2) is 4.98 Å². The summed E-state index contributed by atoms with van der Waals surface area (Å²) < 4.78 is 16.2. The Morgan fingerprint density at radius 1 is 1.27 bits per heavy atom. The van der Waals surface area contributed by atoms with Crippen molar-refractivity contribution in [2.45, 2.75) is 6.42 Å². The van der Waals surface area contributed by atoms with Gasteiger partial charge in [0.2, 0.25) is 0 Å². The number of pyridine rings is 1. The van der Waals surface area contributed by atoms with Crippen LogP contribution in [0.5, 0.6) is 11.6 Å². The maximum Gasteiger partial charge on any atom is 0.258 e. The van der Waals surface area contributed by atoms with Gasteiger partial charge in [-0.2, -0.15) is 0 Å². The first kappa shape index (κ1) is 12.3. The number of halogens is 1. The molecule has 0 aromatic carbocycles. The predicted octanol–water partition coefficient (Wildman–Crippen LogP) is 2.27. The molecule has 0 aliphatic heterocycles. The molecule has 0 unspecified atom stereocenters. The van der Waals surface area contributed by atoms with E-state index in [1.807, 2.05) is 6.07 Å². The molecule has 0 saturated carbocycles. The predicted molar refractivity (Wildman–Crippen MR) is 60.5 cm³/mol. The van der Waals surface area contributed by atoms with Gasteiger partial charge < -0.3 is 14.2 Å². The molecule has 4 nitrogen and oxygen atoms in total. The van der Waals surface area contributed by atoms with Crippen LogP contribution in [-0.2, 0) is 4.74 Å². The summed E-state index contributed by atoms with van der Waals surface area (Å²) >= 11 is 3.28. The van der Waals surface area contributed by atoms with Crippen molar-refractivity contribution < 1.29 is 14.2 Å². The van der Waals surface area contributed by atoms with Crippen LogP contribution in [0.2, 0.25) is 0 Å². The molecule has 1 aromatic rings.